The quantitative estimate of drug-likeness (QED) is 0.671. The van der Waals surface area contributed by atoms with Gasteiger partial charge in [-0.3, -0.25) is 14.4 Å². The monoisotopic (exact) mass is 391 g/mol. The summed E-state index contributed by atoms with van der Waals surface area (Å²) in [4.78, 5) is 38.2. The summed E-state index contributed by atoms with van der Waals surface area (Å²) in [6.45, 7) is 1.92. The number of nitrogens with two attached hydrogens (primary N) is 1. The number of fused-ring (bicyclic) bond motifs is 2. The number of benzene rings is 2. The van der Waals surface area contributed by atoms with E-state index in [4.69, 9.17) is 0 Å². The summed E-state index contributed by atoms with van der Waals surface area (Å²) in [6.07, 6.45) is 7.36. The summed E-state index contributed by atoms with van der Waals surface area (Å²) in [5, 5.41) is 5.09. The molecule has 0 aromatic heterocycles. The second kappa shape index (κ2) is 8.29. The van der Waals surface area contributed by atoms with E-state index in [0.29, 0.717) is 34.0 Å². The Morgan fingerprint density at radius 2 is 1.48 bits per heavy atom. The average molecular weight is 391 g/mol. The lowest BCUT2D eigenvalue weighted by atomic mass is 9.84. The molecule has 0 aliphatic heterocycles. The minimum Gasteiger partial charge on any atom is -0.334 e. The molecular weight excluding hydrogens is 364 g/mol. The van der Waals surface area contributed by atoms with Gasteiger partial charge in [0.1, 0.15) is 0 Å². The topological polar surface area (TPSA) is 79.8 Å². The molecule has 5 heteroatoms. The van der Waals surface area contributed by atoms with Crippen LogP contribution in [0.1, 0.15) is 77.3 Å². The van der Waals surface area contributed by atoms with Crippen LogP contribution in [0.4, 0.5) is 5.69 Å². The summed E-state index contributed by atoms with van der Waals surface area (Å²) < 4.78 is 0. The molecule has 3 N–H and O–H groups in total. The molecule has 1 amide bonds. The molecule has 0 radical (unpaired) electrons. The van der Waals surface area contributed by atoms with E-state index in [9.17, 15) is 14.4 Å². The standard InChI is InChI=1S/C24H26N2O3/c1-15(25-16-8-4-2-3-5-9-16)24(29)26-17-12-13-20-21(14-17)23(28)19-11-7-6-10-18(19)22(20)27/h6-7,10-16,25H,2-5,8-9H2,1H3,(H,26,29)/p+1/t15-/m0/s1. The van der Waals surface area contributed by atoms with Crippen molar-refractivity contribution in [2.75, 3.05) is 5.32 Å². The molecule has 0 heterocycles. The Bertz CT molecular complexity index is 958. The molecule has 2 aliphatic rings. The van der Waals surface area contributed by atoms with Crippen molar-refractivity contribution in [1.29, 1.82) is 0 Å². The van der Waals surface area contributed by atoms with Gasteiger partial charge in [0.05, 0.1) is 6.04 Å². The predicted molar refractivity (Wildman–Crippen MR) is 111 cm³/mol. The molecule has 2 aromatic carbocycles. The van der Waals surface area contributed by atoms with Crippen LogP contribution in [-0.2, 0) is 4.79 Å². The Morgan fingerprint density at radius 1 is 0.897 bits per heavy atom. The Balaban J connectivity index is 1.48. The van der Waals surface area contributed by atoms with Crippen molar-refractivity contribution >= 4 is 23.2 Å². The van der Waals surface area contributed by atoms with Gasteiger partial charge in [-0.1, -0.05) is 37.1 Å². The summed E-state index contributed by atoms with van der Waals surface area (Å²) in [6, 6.07) is 12.1. The van der Waals surface area contributed by atoms with E-state index in [1.807, 2.05) is 6.92 Å². The lowest BCUT2D eigenvalue weighted by Gasteiger charge is -2.20. The van der Waals surface area contributed by atoms with Gasteiger partial charge in [0, 0.05) is 27.9 Å². The fourth-order valence-corrected chi connectivity index (χ4v) is 4.43. The van der Waals surface area contributed by atoms with Crippen LogP contribution in [0.3, 0.4) is 0 Å². The molecule has 1 fully saturated rings. The number of nitrogens with one attached hydrogen (secondary N) is 1. The van der Waals surface area contributed by atoms with Crippen LogP contribution in [-0.4, -0.2) is 29.6 Å². The third kappa shape index (κ3) is 4.01. The highest BCUT2D eigenvalue weighted by Gasteiger charge is 2.30. The summed E-state index contributed by atoms with van der Waals surface area (Å²) >= 11 is 0. The Hall–Kier alpha value is -2.79. The minimum absolute atomic E-state index is 0.0795. The van der Waals surface area contributed by atoms with Gasteiger partial charge in [-0.15, -0.1) is 0 Å². The molecule has 1 atom stereocenters. The van der Waals surface area contributed by atoms with Crippen molar-refractivity contribution in [3.8, 4) is 0 Å². The lowest BCUT2D eigenvalue weighted by Crippen LogP contribution is -2.96. The summed E-state index contributed by atoms with van der Waals surface area (Å²) in [5.41, 5.74) is 2.16. The van der Waals surface area contributed by atoms with Crippen molar-refractivity contribution in [2.45, 2.75) is 57.5 Å². The first-order valence-corrected chi connectivity index (χ1v) is 10.5. The van der Waals surface area contributed by atoms with Gasteiger partial charge in [-0.25, -0.2) is 0 Å². The molecule has 4 rings (SSSR count). The Labute approximate surface area is 170 Å². The van der Waals surface area contributed by atoms with E-state index in [2.05, 4.69) is 10.6 Å². The highest BCUT2D eigenvalue weighted by molar-refractivity contribution is 6.28. The second-order valence-electron chi connectivity index (χ2n) is 8.19. The van der Waals surface area contributed by atoms with Crippen LogP contribution in [0.15, 0.2) is 42.5 Å². The van der Waals surface area contributed by atoms with Gasteiger partial charge >= 0.3 is 0 Å². The molecule has 1 saturated carbocycles. The Kier molecular flexibility index (Phi) is 5.58. The van der Waals surface area contributed by atoms with Crippen molar-refractivity contribution in [3.63, 3.8) is 0 Å². The van der Waals surface area contributed by atoms with Crippen LogP contribution < -0.4 is 10.6 Å². The van der Waals surface area contributed by atoms with E-state index < -0.39 is 0 Å². The van der Waals surface area contributed by atoms with Gasteiger partial charge in [-0.05, 0) is 50.8 Å². The van der Waals surface area contributed by atoms with E-state index >= 15 is 0 Å². The molecule has 2 aliphatic carbocycles. The molecule has 29 heavy (non-hydrogen) atoms. The fraction of sp³-hybridized carbons (Fsp3) is 0.375. The first-order chi connectivity index (χ1) is 14.0. The Morgan fingerprint density at radius 3 is 2.14 bits per heavy atom. The van der Waals surface area contributed by atoms with E-state index in [-0.39, 0.29) is 23.5 Å². The highest BCUT2D eigenvalue weighted by atomic mass is 16.2. The minimum atomic E-state index is -0.202. The largest absolute Gasteiger partial charge is 0.334 e. The second-order valence-corrected chi connectivity index (χ2v) is 8.19. The van der Waals surface area contributed by atoms with Gasteiger partial charge in [0.25, 0.3) is 5.91 Å². The normalized spacial score (nSPS) is 17.8. The summed E-state index contributed by atoms with van der Waals surface area (Å²) in [7, 11) is 0. The molecular formula is C24H27N2O3+. The zero-order chi connectivity index (χ0) is 20.4. The smallest absolute Gasteiger partial charge is 0.282 e. The molecule has 5 nitrogen and oxygen atoms in total. The maximum absolute atomic E-state index is 12.8. The highest BCUT2D eigenvalue weighted by Crippen LogP contribution is 2.29. The number of carbonyl (C=O) groups excluding carboxylic acids is 3. The van der Waals surface area contributed by atoms with Crippen molar-refractivity contribution in [2.24, 2.45) is 0 Å². The zero-order valence-electron chi connectivity index (χ0n) is 16.7. The number of rotatable bonds is 4. The van der Waals surface area contributed by atoms with E-state index in [1.54, 1.807) is 42.5 Å². The first-order valence-electron chi connectivity index (χ1n) is 10.5. The number of carbonyl (C=O) groups is 3. The van der Waals surface area contributed by atoms with Gasteiger partial charge in [-0.2, -0.15) is 0 Å². The van der Waals surface area contributed by atoms with Crippen LogP contribution in [0.2, 0.25) is 0 Å². The number of amides is 1. The first kappa shape index (κ1) is 19.5. The van der Waals surface area contributed by atoms with E-state index in [1.165, 1.54) is 25.7 Å². The molecule has 150 valence electrons. The number of ketones is 2. The fourth-order valence-electron chi connectivity index (χ4n) is 4.43. The van der Waals surface area contributed by atoms with E-state index in [0.717, 1.165) is 12.8 Å². The SMILES string of the molecule is C[C@H]([NH2+]C1CCCCCC1)C(=O)Nc1ccc2c(c1)C(=O)c1ccccc1C2=O. The zero-order valence-corrected chi connectivity index (χ0v) is 16.7. The third-order valence-electron chi connectivity index (χ3n) is 6.07. The van der Waals surface area contributed by atoms with Crippen LogP contribution >= 0.6 is 0 Å². The van der Waals surface area contributed by atoms with Crippen molar-refractivity contribution < 1.29 is 19.7 Å². The molecule has 2 aromatic rings. The van der Waals surface area contributed by atoms with Crippen molar-refractivity contribution in [1.82, 2.24) is 0 Å². The maximum Gasteiger partial charge on any atom is 0.282 e. The van der Waals surface area contributed by atoms with Crippen LogP contribution in [0.25, 0.3) is 0 Å². The number of hydrogen-bond acceptors (Lipinski definition) is 3. The number of hydrogen-bond donors (Lipinski definition) is 2. The third-order valence-corrected chi connectivity index (χ3v) is 6.07. The van der Waals surface area contributed by atoms with Gasteiger partial charge in [0.15, 0.2) is 17.6 Å². The molecule has 0 saturated heterocycles. The lowest BCUT2D eigenvalue weighted by molar-refractivity contribution is -0.707. The average Bonchev–Trinajstić information content (AvgIpc) is 3.00. The van der Waals surface area contributed by atoms with Gasteiger partial charge < -0.3 is 10.6 Å². The van der Waals surface area contributed by atoms with Crippen LogP contribution in [0.5, 0.6) is 0 Å². The molecule has 0 spiro atoms. The maximum atomic E-state index is 12.8. The molecule has 0 unspecified atom stereocenters. The number of anilines is 1. The molecule has 0 bridgehead atoms. The number of quaternary nitrogens is 1. The van der Waals surface area contributed by atoms with Gasteiger partial charge in [0.2, 0.25) is 0 Å². The van der Waals surface area contributed by atoms with Crippen molar-refractivity contribution in [3.05, 3.63) is 64.7 Å². The summed E-state index contributed by atoms with van der Waals surface area (Å²) in [5.74, 6) is -0.406. The van der Waals surface area contributed by atoms with Crippen LogP contribution in [0, 0.1) is 0 Å². The predicted octanol–water partition coefficient (Wildman–Crippen LogP) is 3.08.